The molecule has 0 unspecified atom stereocenters. The molecule has 3 heteroatoms. The van der Waals surface area contributed by atoms with Crippen LogP contribution >= 0.6 is 0 Å². The molecule has 3 nitrogen and oxygen atoms in total. The van der Waals surface area contributed by atoms with Gasteiger partial charge in [0.25, 0.3) is 0 Å². The van der Waals surface area contributed by atoms with Crippen LogP contribution in [0.15, 0.2) is 127 Å². The van der Waals surface area contributed by atoms with Crippen LogP contribution in [-0.4, -0.2) is 0 Å². The largest absolute Gasteiger partial charge is 0.399 e. The van der Waals surface area contributed by atoms with Crippen LogP contribution in [0.25, 0.3) is 22.3 Å². The van der Waals surface area contributed by atoms with E-state index in [0.717, 1.165) is 39.6 Å². The van der Waals surface area contributed by atoms with Crippen LogP contribution in [0, 0.1) is 0 Å². The maximum Gasteiger partial charge on any atom is 0.0384 e. The van der Waals surface area contributed by atoms with Crippen LogP contribution in [0.4, 0.5) is 28.4 Å². The molecule has 0 fully saturated rings. The molecule has 0 amide bonds. The number of nitrogen functional groups attached to an aromatic ring is 1. The number of nitrogens with two attached hydrogens (primary N) is 1. The molecule has 0 aliphatic heterocycles. The topological polar surface area (TPSA) is 50.1 Å². The first kappa shape index (κ1) is 20.4. The van der Waals surface area contributed by atoms with E-state index in [2.05, 4.69) is 102 Å². The molecular weight excluding hydrogens is 402 g/mol. The molecule has 0 aliphatic carbocycles. The van der Waals surface area contributed by atoms with Crippen molar-refractivity contribution in [3.8, 4) is 22.3 Å². The van der Waals surface area contributed by atoms with Crippen molar-refractivity contribution < 1.29 is 0 Å². The van der Waals surface area contributed by atoms with Gasteiger partial charge >= 0.3 is 0 Å². The van der Waals surface area contributed by atoms with Gasteiger partial charge in [-0.15, -0.1) is 0 Å². The second kappa shape index (κ2) is 9.33. The Bertz CT molecular complexity index is 1320. The Morgan fingerprint density at radius 3 is 1.24 bits per heavy atom. The first-order chi connectivity index (χ1) is 16.2. The predicted octanol–water partition coefficient (Wildman–Crippen LogP) is 8.09. The second-order valence-electron chi connectivity index (χ2n) is 7.97. The average molecular weight is 428 g/mol. The molecule has 5 aromatic rings. The van der Waals surface area contributed by atoms with E-state index in [0.29, 0.717) is 0 Å². The number of rotatable bonds is 6. The standard InChI is InChI=1S/C30H25N3/c31-26-6-4-5-25(21-26)24-13-19-30(20-14-24)33-29-17-11-23(12-18-29)22-9-15-28(16-10-22)32-27-7-2-1-3-8-27/h1-21,32-33H,31H2. The highest BCUT2D eigenvalue weighted by Gasteiger charge is 2.02. The summed E-state index contributed by atoms with van der Waals surface area (Å²) < 4.78 is 0. The number of benzene rings is 5. The monoisotopic (exact) mass is 427 g/mol. The van der Waals surface area contributed by atoms with Gasteiger partial charge in [0.05, 0.1) is 0 Å². The number of anilines is 5. The van der Waals surface area contributed by atoms with Gasteiger partial charge in [-0.2, -0.15) is 0 Å². The molecule has 0 atom stereocenters. The molecular formula is C30H25N3. The highest BCUT2D eigenvalue weighted by molar-refractivity contribution is 5.73. The maximum absolute atomic E-state index is 5.91. The third-order valence-corrected chi connectivity index (χ3v) is 5.56. The Labute approximate surface area is 194 Å². The van der Waals surface area contributed by atoms with Gasteiger partial charge in [0.15, 0.2) is 0 Å². The van der Waals surface area contributed by atoms with Crippen molar-refractivity contribution in [2.24, 2.45) is 0 Å². The Morgan fingerprint density at radius 1 is 0.364 bits per heavy atom. The van der Waals surface area contributed by atoms with Gasteiger partial charge in [-0.25, -0.2) is 0 Å². The summed E-state index contributed by atoms with van der Waals surface area (Å²) in [7, 11) is 0. The lowest BCUT2D eigenvalue weighted by molar-refractivity contribution is 1.52. The molecule has 0 heterocycles. The summed E-state index contributed by atoms with van der Waals surface area (Å²) in [6.07, 6.45) is 0. The van der Waals surface area contributed by atoms with Gasteiger partial charge < -0.3 is 16.4 Å². The van der Waals surface area contributed by atoms with E-state index >= 15 is 0 Å². The fraction of sp³-hybridized carbons (Fsp3) is 0. The summed E-state index contributed by atoms with van der Waals surface area (Å²) >= 11 is 0. The van der Waals surface area contributed by atoms with Crippen LogP contribution in [0.2, 0.25) is 0 Å². The highest BCUT2D eigenvalue weighted by Crippen LogP contribution is 2.27. The molecule has 0 saturated carbocycles. The van der Waals surface area contributed by atoms with Crippen molar-refractivity contribution in [1.29, 1.82) is 0 Å². The lowest BCUT2D eigenvalue weighted by Crippen LogP contribution is -1.91. The lowest BCUT2D eigenvalue weighted by Gasteiger charge is -2.10. The van der Waals surface area contributed by atoms with Crippen molar-refractivity contribution in [3.63, 3.8) is 0 Å². The van der Waals surface area contributed by atoms with E-state index in [1.54, 1.807) is 0 Å². The number of hydrogen-bond acceptors (Lipinski definition) is 3. The summed E-state index contributed by atoms with van der Waals surface area (Å²) in [4.78, 5) is 0. The Morgan fingerprint density at radius 2 is 0.788 bits per heavy atom. The van der Waals surface area contributed by atoms with E-state index in [-0.39, 0.29) is 0 Å². The Hall–Kier alpha value is -4.50. The minimum Gasteiger partial charge on any atom is -0.399 e. The molecule has 0 aromatic heterocycles. The Balaban J connectivity index is 1.24. The van der Waals surface area contributed by atoms with Gasteiger partial charge in [0.1, 0.15) is 0 Å². The third kappa shape index (κ3) is 5.05. The second-order valence-corrected chi connectivity index (χ2v) is 7.97. The highest BCUT2D eigenvalue weighted by atomic mass is 14.9. The maximum atomic E-state index is 5.91. The van der Waals surface area contributed by atoms with E-state index < -0.39 is 0 Å². The van der Waals surface area contributed by atoms with Crippen LogP contribution in [0.1, 0.15) is 0 Å². The summed E-state index contributed by atoms with van der Waals surface area (Å²) in [6, 6.07) is 43.5. The van der Waals surface area contributed by atoms with Crippen LogP contribution in [0.5, 0.6) is 0 Å². The van der Waals surface area contributed by atoms with Gasteiger partial charge in [0, 0.05) is 28.4 Å². The number of nitrogens with one attached hydrogen (secondary N) is 2. The quantitative estimate of drug-likeness (QED) is 0.240. The van der Waals surface area contributed by atoms with E-state index in [1.807, 2.05) is 36.4 Å². The molecule has 0 bridgehead atoms. The lowest BCUT2D eigenvalue weighted by atomic mass is 10.0. The molecule has 5 rings (SSSR count). The third-order valence-electron chi connectivity index (χ3n) is 5.56. The molecule has 0 saturated heterocycles. The van der Waals surface area contributed by atoms with Crippen LogP contribution in [0.3, 0.4) is 0 Å². The van der Waals surface area contributed by atoms with Crippen LogP contribution in [-0.2, 0) is 0 Å². The molecule has 0 radical (unpaired) electrons. The normalized spacial score (nSPS) is 10.5. The average Bonchev–Trinajstić information content (AvgIpc) is 2.86. The van der Waals surface area contributed by atoms with Crippen molar-refractivity contribution >= 4 is 28.4 Å². The zero-order chi connectivity index (χ0) is 22.5. The molecule has 0 aliphatic rings. The minimum absolute atomic E-state index is 0.775. The zero-order valence-corrected chi connectivity index (χ0v) is 18.2. The van der Waals surface area contributed by atoms with Gasteiger partial charge in [-0.05, 0) is 82.9 Å². The fourth-order valence-electron chi connectivity index (χ4n) is 3.81. The summed E-state index contributed by atoms with van der Waals surface area (Å²) in [6.45, 7) is 0. The van der Waals surface area contributed by atoms with Crippen molar-refractivity contribution in [2.75, 3.05) is 16.4 Å². The van der Waals surface area contributed by atoms with E-state index in [9.17, 15) is 0 Å². The number of para-hydroxylation sites is 1. The molecule has 4 N–H and O–H groups in total. The van der Waals surface area contributed by atoms with Crippen molar-refractivity contribution in [2.45, 2.75) is 0 Å². The smallest absolute Gasteiger partial charge is 0.0384 e. The van der Waals surface area contributed by atoms with Gasteiger partial charge in [0.2, 0.25) is 0 Å². The zero-order valence-electron chi connectivity index (χ0n) is 18.2. The molecule has 0 spiro atoms. The minimum atomic E-state index is 0.775. The Kier molecular flexibility index (Phi) is 5.77. The first-order valence-corrected chi connectivity index (χ1v) is 11.0. The van der Waals surface area contributed by atoms with Gasteiger partial charge in [-0.1, -0.05) is 66.7 Å². The molecule has 160 valence electrons. The summed E-state index contributed by atoms with van der Waals surface area (Å²) in [5, 5.41) is 6.89. The van der Waals surface area contributed by atoms with Crippen molar-refractivity contribution in [3.05, 3.63) is 127 Å². The molecule has 33 heavy (non-hydrogen) atoms. The number of hydrogen-bond donors (Lipinski definition) is 3. The van der Waals surface area contributed by atoms with E-state index in [4.69, 9.17) is 5.73 Å². The fourth-order valence-corrected chi connectivity index (χ4v) is 3.81. The van der Waals surface area contributed by atoms with Gasteiger partial charge in [-0.3, -0.25) is 0 Å². The first-order valence-electron chi connectivity index (χ1n) is 11.0. The summed E-state index contributed by atoms with van der Waals surface area (Å²) in [5.74, 6) is 0. The molecule has 5 aromatic carbocycles. The summed E-state index contributed by atoms with van der Waals surface area (Å²) in [5.41, 5.74) is 15.6. The SMILES string of the molecule is Nc1cccc(-c2ccc(Nc3ccc(-c4ccc(Nc5ccccc5)cc4)cc3)cc2)c1. The predicted molar refractivity (Wildman–Crippen MR) is 141 cm³/mol. The van der Waals surface area contributed by atoms with E-state index in [1.165, 1.54) is 11.1 Å². The van der Waals surface area contributed by atoms with Crippen molar-refractivity contribution in [1.82, 2.24) is 0 Å². The van der Waals surface area contributed by atoms with Crippen LogP contribution < -0.4 is 16.4 Å².